The molecule has 0 aromatic heterocycles. The zero-order chi connectivity index (χ0) is 93.4. The summed E-state index contributed by atoms with van der Waals surface area (Å²) in [6.45, 7) is 46.7. The highest BCUT2D eigenvalue weighted by molar-refractivity contribution is 5.93. The van der Waals surface area contributed by atoms with Gasteiger partial charge in [-0.25, -0.2) is 43.2 Å². The van der Waals surface area contributed by atoms with Crippen LogP contribution in [0.2, 0.25) is 0 Å². The highest BCUT2D eigenvalue weighted by Gasteiger charge is 2.19. The van der Waals surface area contributed by atoms with Gasteiger partial charge in [-0.05, 0) is 267 Å². The molecule has 0 unspecified atom stereocenters. The van der Waals surface area contributed by atoms with Crippen LogP contribution in [0.1, 0.15) is 92.3 Å². The van der Waals surface area contributed by atoms with E-state index in [1.54, 1.807) is 139 Å². The van der Waals surface area contributed by atoms with E-state index in [-0.39, 0.29) is 24.2 Å². The van der Waals surface area contributed by atoms with E-state index in [2.05, 4.69) is 103 Å². The minimum atomic E-state index is -0.671. The molecule has 0 amide bonds. The Hall–Kier alpha value is -16.0. The molecule has 0 atom stereocenters. The molecule has 0 radical (unpaired) electrons. The lowest BCUT2D eigenvalue weighted by Gasteiger charge is -2.12. The van der Waals surface area contributed by atoms with Gasteiger partial charge in [0.25, 0.3) is 0 Å². The molecule has 0 saturated heterocycles. The molecule has 0 heterocycles. The molecule has 20 heteroatoms. The van der Waals surface area contributed by atoms with Crippen molar-refractivity contribution < 1.29 is 95.3 Å². The highest BCUT2D eigenvalue weighted by atomic mass is 16.6. The van der Waals surface area contributed by atoms with Gasteiger partial charge in [0.15, 0.2) is 6.61 Å². The lowest BCUT2D eigenvalue weighted by atomic mass is 9.93. The van der Waals surface area contributed by atoms with Crippen molar-refractivity contribution in [1.82, 2.24) is 0 Å². The Morgan fingerprint density at radius 1 is 0.227 bits per heavy atom. The van der Waals surface area contributed by atoms with Crippen molar-refractivity contribution in [2.75, 3.05) is 13.2 Å². The molecule has 0 spiro atoms. The Labute approximate surface area is 746 Å². The summed E-state index contributed by atoms with van der Waals surface area (Å²) in [5, 5.41) is 0. The van der Waals surface area contributed by atoms with Gasteiger partial charge in [0.2, 0.25) is 0 Å². The summed E-state index contributed by atoms with van der Waals surface area (Å²) in [5.74, 6) is -1.39. The van der Waals surface area contributed by atoms with Crippen LogP contribution in [0, 0.1) is 6.92 Å². The fourth-order valence-electron chi connectivity index (χ4n) is 11.6. The van der Waals surface area contributed by atoms with Crippen molar-refractivity contribution in [2.24, 2.45) is 0 Å². The first kappa shape index (κ1) is 97.5. The van der Waals surface area contributed by atoms with E-state index in [9.17, 15) is 47.9 Å². The molecule has 11 aromatic rings. The zero-order valence-corrected chi connectivity index (χ0v) is 73.5. The first-order valence-electron chi connectivity index (χ1n) is 40.5. The van der Waals surface area contributed by atoms with Crippen LogP contribution < -0.4 is 37.9 Å². The van der Waals surface area contributed by atoms with Crippen LogP contribution in [-0.2, 0) is 70.3 Å². The molecule has 20 nitrogen and oxygen atoms in total. The van der Waals surface area contributed by atoms with E-state index in [1.807, 2.05) is 122 Å². The number of esters is 10. The van der Waals surface area contributed by atoms with Crippen LogP contribution in [-0.4, -0.2) is 72.9 Å². The van der Waals surface area contributed by atoms with Crippen molar-refractivity contribution in [3.63, 3.8) is 0 Å². The van der Waals surface area contributed by atoms with Crippen molar-refractivity contribution in [3.8, 4) is 124 Å². The number of carbonyl (C=O) groups is 10. The third-order valence-electron chi connectivity index (χ3n) is 18.7. The summed E-state index contributed by atoms with van der Waals surface area (Å²) >= 11 is 0. The van der Waals surface area contributed by atoms with Gasteiger partial charge in [-0.15, -0.1) is 0 Å². The second kappa shape index (κ2) is 47.1. The van der Waals surface area contributed by atoms with Gasteiger partial charge in [0.05, 0.1) is 6.42 Å². The molecule has 652 valence electrons. The van der Waals surface area contributed by atoms with Gasteiger partial charge in [-0.3, -0.25) is 4.79 Å². The molecule has 128 heavy (non-hydrogen) atoms. The Morgan fingerprint density at radius 2 is 0.445 bits per heavy atom. The molecular formula is C108H100O20. The monoisotopic (exact) mass is 1720 g/mol. The average Bonchev–Trinajstić information content (AvgIpc) is 0.792. The second-order valence-electron chi connectivity index (χ2n) is 29.7. The van der Waals surface area contributed by atoms with E-state index in [0.717, 1.165) is 107 Å². The third kappa shape index (κ3) is 29.7. The maximum absolute atomic E-state index is 11.9. The van der Waals surface area contributed by atoms with Crippen LogP contribution in [0.5, 0.6) is 46.0 Å². The van der Waals surface area contributed by atoms with Crippen LogP contribution in [0.25, 0.3) is 77.9 Å². The van der Waals surface area contributed by atoms with E-state index in [1.165, 1.54) is 13.8 Å². The van der Waals surface area contributed by atoms with Crippen LogP contribution in [0.4, 0.5) is 0 Å². The first-order chi connectivity index (χ1) is 60.9. The normalized spacial score (nSPS) is 10.2. The molecule has 0 aliphatic heterocycles. The topological polar surface area (TPSA) is 263 Å². The SMILES string of the molecule is C=C(C)C(=O)OCC(=O)Oc1ccc(-c2ccc(-c3ccc(OC(=O)C(=C)C)cc3)c(CC)c2)cc1.C=C(C)C(=O)OCCC(=O)Oc1ccc(-c2ccc(OC(=O)C(=C)C)cc2)cc1.C=C(C)C(=O)Oc1ccc(-c2ccc(-c3ccc(OC(=O)C(=C)C)cc3C)cc2)cc1.C=C(C)C(=O)Oc1ccc(-c2ccc(-c3ccc(OC(=O)C(=C)C)cc3CC)cc2)cc1. The fourth-order valence-corrected chi connectivity index (χ4v) is 11.6. The molecule has 11 aromatic carbocycles. The smallest absolute Gasteiger partial charge is 0.349 e. The summed E-state index contributed by atoms with van der Waals surface area (Å²) in [7, 11) is 0. The number of benzene rings is 11. The largest absolute Gasteiger partial charge is 0.462 e. The summed E-state index contributed by atoms with van der Waals surface area (Å²) < 4.78 is 51.6. The van der Waals surface area contributed by atoms with E-state index in [4.69, 9.17) is 47.4 Å². The number of rotatable bonds is 30. The first-order valence-corrected chi connectivity index (χ1v) is 40.5. The maximum atomic E-state index is 11.9. The van der Waals surface area contributed by atoms with Crippen molar-refractivity contribution in [2.45, 2.75) is 95.4 Å². The standard InChI is InChI=1S/C30H28O6.C28H26O4.C27H24O4.C23H22O6/c1-6-21-17-24(11-16-27(21)23-9-14-26(15-10-23)36-30(33)20(4)5)22-7-12-25(13-8-22)35-28(31)18-34-29(32)19(2)3;1-6-20-17-25(32-28(30)19(4)5)15-16-26(20)23-9-7-21(8-10-23)22-11-13-24(14-12-22)31-27(29)18(2)3;1-17(2)26(28)30-23-12-10-21(11-13-23)20-6-8-22(9-7-20)25-15-14-24(16-19(25)5)31-27(29)18(3)4;1-15(2)22(25)27-14-13-21(24)28-19-9-5-17(6-10-19)18-7-11-20(12-8-18)29-23(26)16(3)4/h7-17H,2,4,6,18H2,1,3,5H3;7-17H,2,4,6H2,1,3,5H3;6-16H,1,3H2,2,4-5H3;5-12H,1,3,13-14H2,2,4H3. The Kier molecular flexibility index (Phi) is 35.8. The molecule has 0 aliphatic carbocycles. The Bertz CT molecular complexity index is 6030. The number of carbonyl (C=O) groups excluding carboxylic acids is 10. The van der Waals surface area contributed by atoms with Gasteiger partial charge in [0.1, 0.15) is 52.6 Å². The second-order valence-corrected chi connectivity index (χ2v) is 29.7. The van der Waals surface area contributed by atoms with Gasteiger partial charge in [0, 0.05) is 44.6 Å². The highest BCUT2D eigenvalue weighted by Crippen LogP contribution is 2.36. The van der Waals surface area contributed by atoms with Crippen LogP contribution >= 0.6 is 0 Å². The van der Waals surface area contributed by atoms with Gasteiger partial charge in [-0.1, -0.05) is 218 Å². The predicted octanol–water partition coefficient (Wildman–Crippen LogP) is 23.2. The maximum Gasteiger partial charge on any atom is 0.349 e. The molecule has 0 aliphatic rings. The van der Waals surface area contributed by atoms with Crippen LogP contribution in [0.15, 0.2) is 346 Å². The molecule has 0 saturated carbocycles. The Balaban J connectivity index is 0.000000212. The van der Waals surface area contributed by atoms with E-state index < -0.39 is 66.3 Å². The van der Waals surface area contributed by atoms with Crippen molar-refractivity contribution in [3.05, 3.63) is 363 Å². The quantitative estimate of drug-likeness (QED) is 0.0230. The lowest BCUT2D eigenvalue weighted by Crippen LogP contribution is -2.18. The van der Waals surface area contributed by atoms with Crippen molar-refractivity contribution >= 4 is 59.7 Å². The molecular weight excluding hydrogens is 1620 g/mol. The molecule has 0 bridgehead atoms. The lowest BCUT2D eigenvalue weighted by molar-refractivity contribution is -0.150. The minimum Gasteiger partial charge on any atom is -0.462 e. The third-order valence-corrected chi connectivity index (χ3v) is 18.7. The number of hydrogen-bond acceptors (Lipinski definition) is 20. The van der Waals surface area contributed by atoms with Gasteiger partial charge < -0.3 is 47.4 Å². The molecule has 0 N–H and O–H groups in total. The van der Waals surface area contributed by atoms with Gasteiger partial charge in [-0.2, -0.15) is 0 Å². The van der Waals surface area contributed by atoms with E-state index >= 15 is 0 Å². The number of ether oxygens (including phenoxy) is 10. The summed E-state index contributed by atoms with van der Waals surface area (Å²) in [5.41, 5.74) is 20.2. The van der Waals surface area contributed by atoms with Crippen molar-refractivity contribution in [1.29, 1.82) is 0 Å². The zero-order valence-electron chi connectivity index (χ0n) is 73.5. The summed E-state index contributed by atoms with van der Waals surface area (Å²) in [6.07, 6.45) is 1.58. The number of aryl methyl sites for hydroxylation is 3. The minimum absolute atomic E-state index is 0.0505. The summed E-state index contributed by atoms with van der Waals surface area (Å²) in [6, 6.07) is 77.0. The fraction of sp³-hybridized carbons (Fsp3) is 0.148. The predicted molar refractivity (Wildman–Crippen MR) is 497 cm³/mol. The van der Waals surface area contributed by atoms with Gasteiger partial charge >= 0.3 is 59.7 Å². The molecule has 0 fully saturated rings. The molecule has 11 rings (SSSR count). The van der Waals surface area contributed by atoms with E-state index in [0.29, 0.717) is 79.4 Å². The van der Waals surface area contributed by atoms with Crippen LogP contribution in [0.3, 0.4) is 0 Å². The summed E-state index contributed by atoms with van der Waals surface area (Å²) in [4.78, 5) is 116. The average molecular weight is 1720 g/mol. The number of hydrogen-bond donors (Lipinski definition) is 0. The Morgan fingerprint density at radius 3 is 0.758 bits per heavy atom.